The fourth-order valence-electron chi connectivity index (χ4n) is 1.57. The first-order chi connectivity index (χ1) is 6.72. The van der Waals surface area contributed by atoms with Gasteiger partial charge >= 0.3 is 0 Å². The van der Waals surface area contributed by atoms with Crippen LogP contribution < -0.4 is 0 Å². The molecule has 0 saturated carbocycles. The number of hydrogen-bond donors (Lipinski definition) is 0. The molecular formula is C11H10ClNO. The summed E-state index contributed by atoms with van der Waals surface area (Å²) in [7, 11) is 0. The number of fused-ring (bicyclic) bond motifs is 1. The molecule has 0 unspecified atom stereocenters. The van der Waals surface area contributed by atoms with E-state index in [1.54, 1.807) is 6.07 Å². The van der Waals surface area contributed by atoms with Crippen LogP contribution in [-0.4, -0.2) is 11.5 Å². The SMILES string of the molecule is CCC1=Nc2cccc(Cl)c2C(=O)C1. The number of halogens is 1. The van der Waals surface area contributed by atoms with Gasteiger partial charge in [-0.1, -0.05) is 24.6 Å². The van der Waals surface area contributed by atoms with Crippen molar-refractivity contribution >= 4 is 28.8 Å². The third-order valence-electron chi connectivity index (χ3n) is 2.32. The van der Waals surface area contributed by atoms with Crippen molar-refractivity contribution in [1.82, 2.24) is 0 Å². The Labute approximate surface area is 87.6 Å². The number of ketones is 1. The van der Waals surface area contributed by atoms with Gasteiger partial charge in [-0.15, -0.1) is 0 Å². The lowest BCUT2D eigenvalue weighted by Crippen LogP contribution is -2.12. The fourth-order valence-corrected chi connectivity index (χ4v) is 1.84. The highest BCUT2D eigenvalue weighted by molar-refractivity contribution is 6.35. The molecule has 0 aliphatic carbocycles. The highest BCUT2D eigenvalue weighted by Gasteiger charge is 2.21. The van der Waals surface area contributed by atoms with Crippen LogP contribution in [0.1, 0.15) is 30.1 Å². The summed E-state index contributed by atoms with van der Waals surface area (Å²) in [5.74, 6) is 0.0810. The van der Waals surface area contributed by atoms with E-state index in [0.717, 1.165) is 12.1 Å². The third kappa shape index (κ3) is 1.46. The number of carbonyl (C=O) groups excluding carboxylic acids is 1. The van der Waals surface area contributed by atoms with Crippen LogP contribution in [-0.2, 0) is 0 Å². The van der Waals surface area contributed by atoms with Crippen LogP contribution in [0.15, 0.2) is 23.2 Å². The maximum Gasteiger partial charge on any atom is 0.172 e. The number of benzene rings is 1. The summed E-state index contributed by atoms with van der Waals surface area (Å²) < 4.78 is 0. The number of hydrogen-bond acceptors (Lipinski definition) is 2. The molecule has 1 aliphatic heterocycles. The highest BCUT2D eigenvalue weighted by Crippen LogP contribution is 2.31. The standard InChI is InChI=1S/C11H10ClNO/c1-2-7-6-10(14)11-8(12)4-3-5-9(11)13-7/h3-5H,2,6H2,1H3. The normalized spacial score (nSPS) is 15.0. The highest BCUT2D eigenvalue weighted by atomic mass is 35.5. The van der Waals surface area contributed by atoms with Crippen molar-refractivity contribution in [1.29, 1.82) is 0 Å². The monoisotopic (exact) mass is 207 g/mol. The van der Waals surface area contributed by atoms with Gasteiger partial charge in [0.15, 0.2) is 5.78 Å². The van der Waals surface area contributed by atoms with Gasteiger partial charge in [0.25, 0.3) is 0 Å². The van der Waals surface area contributed by atoms with E-state index in [9.17, 15) is 4.79 Å². The molecule has 0 spiro atoms. The molecule has 0 bridgehead atoms. The predicted molar refractivity (Wildman–Crippen MR) is 57.8 cm³/mol. The van der Waals surface area contributed by atoms with Crippen LogP contribution in [0.3, 0.4) is 0 Å². The summed E-state index contributed by atoms with van der Waals surface area (Å²) >= 11 is 5.94. The molecule has 0 fully saturated rings. The summed E-state index contributed by atoms with van der Waals surface area (Å²) in [6.07, 6.45) is 1.23. The number of rotatable bonds is 1. The lowest BCUT2D eigenvalue weighted by Gasteiger charge is -2.14. The van der Waals surface area contributed by atoms with E-state index in [0.29, 0.717) is 22.7 Å². The molecule has 1 heterocycles. The Morgan fingerprint density at radius 2 is 2.29 bits per heavy atom. The molecule has 0 N–H and O–H groups in total. The molecule has 0 saturated heterocycles. The molecule has 1 aromatic rings. The average molecular weight is 208 g/mol. The Morgan fingerprint density at radius 1 is 1.50 bits per heavy atom. The quantitative estimate of drug-likeness (QED) is 0.694. The van der Waals surface area contributed by atoms with Crippen molar-refractivity contribution in [3.8, 4) is 0 Å². The van der Waals surface area contributed by atoms with Crippen LogP contribution in [0.25, 0.3) is 0 Å². The van der Waals surface area contributed by atoms with Crippen molar-refractivity contribution in [2.24, 2.45) is 4.99 Å². The molecule has 2 nitrogen and oxygen atoms in total. The van der Waals surface area contributed by atoms with Crippen LogP contribution in [0.2, 0.25) is 5.02 Å². The van der Waals surface area contributed by atoms with Crippen molar-refractivity contribution < 1.29 is 4.79 Å². The Balaban J connectivity index is 2.60. The first kappa shape index (κ1) is 9.41. The molecule has 0 aromatic heterocycles. The second-order valence-electron chi connectivity index (χ2n) is 3.27. The Kier molecular flexibility index (Phi) is 2.38. The van der Waals surface area contributed by atoms with Crippen molar-refractivity contribution in [3.05, 3.63) is 28.8 Å². The van der Waals surface area contributed by atoms with Crippen LogP contribution >= 0.6 is 11.6 Å². The molecule has 72 valence electrons. The summed E-state index contributed by atoms with van der Waals surface area (Å²) in [5.41, 5.74) is 2.22. The zero-order valence-corrected chi connectivity index (χ0v) is 8.64. The molecule has 14 heavy (non-hydrogen) atoms. The zero-order chi connectivity index (χ0) is 10.1. The van der Waals surface area contributed by atoms with Gasteiger partial charge in [0.1, 0.15) is 0 Å². The van der Waals surface area contributed by atoms with Crippen LogP contribution in [0, 0.1) is 0 Å². The van der Waals surface area contributed by atoms with Gasteiger partial charge in [-0.25, -0.2) is 0 Å². The topological polar surface area (TPSA) is 29.4 Å². The first-order valence-electron chi connectivity index (χ1n) is 4.60. The number of carbonyl (C=O) groups is 1. The van der Waals surface area contributed by atoms with Crippen molar-refractivity contribution in [2.75, 3.05) is 0 Å². The van der Waals surface area contributed by atoms with E-state index < -0.39 is 0 Å². The smallest absolute Gasteiger partial charge is 0.172 e. The summed E-state index contributed by atoms with van der Waals surface area (Å²) in [6.45, 7) is 2.00. The molecule has 1 aromatic carbocycles. The third-order valence-corrected chi connectivity index (χ3v) is 2.64. The molecule has 3 heteroatoms. The second-order valence-corrected chi connectivity index (χ2v) is 3.67. The second kappa shape index (κ2) is 3.54. The first-order valence-corrected chi connectivity index (χ1v) is 4.98. The Bertz CT molecular complexity index is 423. The minimum atomic E-state index is 0.0810. The lowest BCUT2D eigenvalue weighted by atomic mass is 9.99. The molecular weight excluding hydrogens is 198 g/mol. The maximum absolute atomic E-state index is 11.7. The van der Waals surface area contributed by atoms with Gasteiger partial charge in [0, 0.05) is 12.1 Å². The van der Waals surface area contributed by atoms with Gasteiger partial charge < -0.3 is 0 Å². The number of aliphatic imine (C=N–C) groups is 1. The van der Waals surface area contributed by atoms with E-state index in [1.807, 2.05) is 19.1 Å². The van der Waals surface area contributed by atoms with Crippen LogP contribution in [0.4, 0.5) is 5.69 Å². The summed E-state index contributed by atoms with van der Waals surface area (Å²) in [6, 6.07) is 5.37. The minimum Gasteiger partial charge on any atom is -0.294 e. The lowest BCUT2D eigenvalue weighted by molar-refractivity contribution is 0.0999. The molecule has 0 atom stereocenters. The van der Waals surface area contributed by atoms with E-state index in [2.05, 4.69) is 4.99 Å². The number of Topliss-reactive ketones (excluding diaryl/α,β-unsaturated/α-hetero) is 1. The van der Waals surface area contributed by atoms with Gasteiger partial charge in [-0.2, -0.15) is 0 Å². The zero-order valence-electron chi connectivity index (χ0n) is 7.88. The van der Waals surface area contributed by atoms with Crippen molar-refractivity contribution in [3.63, 3.8) is 0 Å². The van der Waals surface area contributed by atoms with E-state index in [4.69, 9.17) is 11.6 Å². The maximum atomic E-state index is 11.7. The van der Waals surface area contributed by atoms with Gasteiger partial charge in [0.05, 0.1) is 16.3 Å². The minimum absolute atomic E-state index is 0.0810. The Morgan fingerprint density at radius 3 is 3.00 bits per heavy atom. The Hall–Kier alpha value is -1.15. The van der Waals surface area contributed by atoms with Gasteiger partial charge in [0.2, 0.25) is 0 Å². The molecule has 1 aliphatic rings. The van der Waals surface area contributed by atoms with Gasteiger partial charge in [-0.3, -0.25) is 9.79 Å². The van der Waals surface area contributed by atoms with Crippen molar-refractivity contribution in [2.45, 2.75) is 19.8 Å². The largest absolute Gasteiger partial charge is 0.294 e. The van der Waals surface area contributed by atoms with E-state index >= 15 is 0 Å². The van der Waals surface area contributed by atoms with E-state index in [1.165, 1.54) is 0 Å². The average Bonchev–Trinajstić information content (AvgIpc) is 2.17. The van der Waals surface area contributed by atoms with Crippen LogP contribution in [0.5, 0.6) is 0 Å². The predicted octanol–water partition coefficient (Wildman–Crippen LogP) is 3.41. The number of nitrogens with zero attached hydrogens (tertiary/aromatic N) is 1. The summed E-state index contributed by atoms with van der Waals surface area (Å²) in [4.78, 5) is 16.1. The molecule has 2 rings (SSSR count). The summed E-state index contributed by atoms with van der Waals surface area (Å²) in [5, 5.41) is 0.506. The van der Waals surface area contributed by atoms with Gasteiger partial charge in [-0.05, 0) is 18.6 Å². The van der Waals surface area contributed by atoms with E-state index in [-0.39, 0.29) is 5.78 Å². The molecule has 0 radical (unpaired) electrons. The fraction of sp³-hybridized carbons (Fsp3) is 0.273. The molecule has 0 amide bonds.